The minimum absolute atomic E-state index is 0.0302. The smallest absolute Gasteiger partial charge is 0.113 e. The van der Waals surface area contributed by atoms with E-state index in [-0.39, 0.29) is 36.9 Å². The summed E-state index contributed by atoms with van der Waals surface area (Å²) < 4.78 is 20.0. The summed E-state index contributed by atoms with van der Waals surface area (Å²) in [5, 5.41) is 10.8. The summed E-state index contributed by atoms with van der Waals surface area (Å²) >= 11 is 0. The van der Waals surface area contributed by atoms with Crippen LogP contribution in [0.4, 0.5) is 0 Å². The Balaban J connectivity index is 1.42. The van der Waals surface area contributed by atoms with Crippen LogP contribution in [0.2, 0.25) is 0 Å². The fourth-order valence-corrected chi connectivity index (χ4v) is 5.64. The molecule has 4 aromatic rings. The third-order valence-corrected chi connectivity index (χ3v) is 7.89. The van der Waals surface area contributed by atoms with Gasteiger partial charge in [-0.15, -0.1) is 0 Å². The van der Waals surface area contributed by atoms with E-state index in [2.05, 4.69) is 72.5 Å². The highest BCUT2D eigenvalue weighted by atomic mass is 16.6. The second-order valence-corrected chi connectivity index (χ2v) is 10.9. The molecule has 5 heteroatoms. The quantitative estimate of drug-likeness (QED) is 0.214. The number of ether oxygens (including phenoxy) is 3. The summed E-state index contributed by atoms with van der Waals surface area (Å²) in [4.78, 5) is 2.34. The van der Waals surface area contributed by atoms with Crippen LogP contribution < -0.4 is 0 Å². The molecule has 1 aliphatic heterocycles. The summed E-state index contributed by atoms with van der Waals surface area (Å²) in [6.45, 7) is 4.98. The number of benzene rings is 4. The van der Waals surface area contributed by atoms with Crippen molar-refractivity contribution >= 4 is 0 Å². The second-order valence-electron chi connectivity index (χ2n) is 10.9. The highest BCUT2D eigenvalue weighted by molar-refractivity contribution is 5.20. The monoisotopic (exact) mass is 551 g/mol. The summed E-state index contributed by atoms with van der Waals surface area (Å²) in [6, 6.07) is 40.9. The number of hydrogen-bond acceptors (Lipinski definition) is 5. The Morgan fingerprint density at radius 2 is 1.07 bits per heavy atom. The van der Waals surface area contributed by atoms with Crippen molar-refractivity contribution in [1.82, 2.24) is 4.90 Å². The van der Waals surface area contributed by atoms with Crippen molar-refractivity contribution in [3.05, 3.63) is 144 Å². The van der Waals surface area contributed by atoms with Gasteiger partial charge in [0, 0.05) is 13.1 Å². The zero-order valence-electron chi connectivity index (χ0n) is 23.8. The van der Waals surface area contributed by atoms with Gasteiger partial charge in [-0.05, 0) is 28.2 Å². The van der Waals surface area contributed by atoms with Gasteiger partial charge in [-0.25, -0.2) is 0 Å². The van der Waals surface area contributed by atoms with E-state index in [9.17, 15) is 5.11 Å². The Kier molecular flexibility index (Phi) is 10.7. The molecule has 5 rings (SSSR count). The molecule has 0 amide bonds. The standard InChI is InChI=1S/C36H41NO4/c1-28(32-20-12-5-13-21-32)22-37-23-34(39-25-29-14-6-2-7-15-29)36(41-27-31-18-10-4-11-19-31)35(33(37)24-38)40-26-30-16-8-3-9-17-30/h2-21,28,33-36,38H,22-27H2,1H3/t28?,33-,34+,35-,36-/m1/s1. The van der Waals surface area contributed by atoms with Crippen LogP contribution >= 0.6 is 0 Å². The lowest BCUT2D eigenvalue weighted by molar-refractivity contribution is -0.208. The van der Waals surface area contributed by atoms with Crippen LogP contribution in [0.25, 0.3) is 0 Å². The van der Waals surface area contributed by atoms with E-state index < -0.39 is 0 Å². The fraction of sp³-hybridized carbons (Fsp3) is 0.333. The predicted octanol–water partition coefficient (Wildman–Crippen LogP) is 6.22. The lowest BCUT2D eigenvalue weighted by Crippen LogP contribution is -2.64. The van der Waals surface area contributed by atoms with Gasteiger partial charge in [0.2, 0.25) is 0 Å². The van der Waals surface area contributed by atoms with Crippen molar-refractivity contribution in [1.29, 1.82) is 0 Å². The fourth-order valence-electron chi connectivity index (χ4n) is 5.64. The van der Waals surface area contributed by atoms with E-state index in [0.717, 1.165) is 23.2 Å². The molecule has 5 atom stereocenters. The van der Waals surface area contributed by atoms with Gasteiger partial charge in [-0.2, -0.15) is 0 Å². The molecule has 0 aliphatic carbocycles. The number of aliphatic hydroxyl groups is 1. The van der Waals surface area contributed by atoms with Crippen LogP contribution in [-0.2, 0) is 34.0 Å². The molecule has 1 saturated heterocycles. The number of piperidine rings is 1. The molecule has 4 aromatic carbocycles. The van der Waals surface area contributed by atoms with Gasteiger partial charge >= 0.3 is 0 Å². The van der Waals surface area contributed by atoms with Crippen LogP contribution in [0.5, 0.6) is 0 Å². The average Bonchev–Trinajstić information content (AvgIpc) is 3.04. The third kappa shape index (κ3) is 8.13. The topological polar surface area (TPSA) is 51.2 Å². The Morgan fingerprint density at radius 3 is 1.56 bits per heavy atom. The van der Waals surface area contributed by atoms with E-state index in [1.165, 1.54) is 5.56 Å². The zero-order valence-corrected chi connectivity index (χ0v) is 23.8. The maximum atomic E-state index is 10.8. The maximum absolute atomic E-state index is 10.8. The zero-order chi connectivity index (χ0) is 28.3. The Labute approximate surface area is 244 Å². The van der Waals surface area contributed by atoms with Gasteiger partial charge in [0.1, 0.15) is 12.2 Å². The number of aliphatic hydroxyl groups excluding tert-OH is 1. The summed E-state index contributed by atoms with van der Waals surface area (Å²) in [7, 11) is 0. The molecular weight excluding hydrogens is 510 g/mol. The molecule has 0 spiro atoms. The second kappa shape index (κ2) is 15.1. The van der Waals surface area contributed by atoms with Crippen molar-refractivity contribution in [2.24, 2.45) is 0 Å². The molecule has 0 radical (unpaired) electrons. The van der Waals surface area contributed by atoms with Crippen molar-refractivity contribution in [3.8, 4) is 0 Å². The molecular formula is C36H41NO4. The molecule has 1 fully saturated rings. The lowest BCUT2D eigenvalue weighted by atomic mass is 9.91. The van der Waals surface area contributed by atoms with E-state index in [1.54, 1.807) is 0 Å². The highest BCUT2D eigenvalue weighted by Crippen LogP contribution is 2.30. The Morgan fingerprint density at radius 1 is 0.634 bits per heavy atom. The number of hydrogen-bond donors (Lipinski definition) is 1. The van der Waals surface area contributed by atoms with E-state index in [4.69, 9.17) is 14.2 Å². The molecule has 5 nitrogen and oxygen atoms in total. The van der Waals surface area contributed by atoms with E-state index in [1.807, 2.05) is 60.7 Å². The Bertz CT molecular complexity index is 1270. The molecule has 0 bridgehead atoms. The molecule has 0 aromatic heterocycles. The molecule has 1 unspecified atom stereocenters. The van der Waals surface area contributed by atoms with Gasteiger partial charge in [-0.1, -0.05) is 128 Å². The van der Waals surface area contributed by atoms with Gasteiger partial charge in [0.25, 0.3) is 0 Å². The summed E-state index contributed by atoms with van der Waals surface area (Å²) in [5.74, 6) is 0.275. The van der Waals surface area contributed by atoms with E-state index in [0.29, 0.717) is 26.4 Å². The molecule has 214 valence electrons. The first-order valence-corrected chi connectivity index (χ1v) is 14.6. The van der Waals surface area contributed by atoms with Crippen molar-refractivity contribution in [2.75, 3.05) is 19.7 Å². The van der Waals surface area contributed by atoms with Crippen LogP contribution in [0.15, 0.2) is 121 Å². The van der Waals surface area contributed by atoms with Gasteiger partial charge in [0.05, 0.1) is 38.6 Å². The molecule has 1 N–H and O–H groups in total. The first kappa shape index (κ1) is 29.2. The number of nitrogens with zero attached hydrogens (tertiary/aromatic N) is 1. The Hall–Kier alpha value is -3.32. The first-order chi connectivity index (χ1) is 20.2. The molecule has 41 heavy (non-hydrogen) atoms. The minimum Gasteiger partial charge on any atom is -0.395 e. The normalized spacial score (nSPS) is 21.9. The highest BCUT2D eigenvalue weighted by Gasteiger charge is 2.46. The van der Waals surface area contributed by atoms with Crippen LogP contribution in [-0.4, -0.2) is 54.1 Å². The van der Waals surface area contributed by atoms with Gasteiger partial charge in [-0.3, -0.25) is 4.90 Å². The van der Waals surface area contributed by atoms with E-state index >= 15 is 0 Å². The summed E-state index contributed by atoms with van der Waals surface area (Å²) in [5.41, 5.74) is 4.57. The summed E-state index contributed by atoms with van der Waals surface area (Å²) in [6.07, 6.45) is -0.991. The third-order valence-electron chi connectivity index (χ3n) is 7.89. The average molecular weight is 552 g/mol. The lowest BCUT2D eigenvalue weighted by Gasteiger charge is -2.48. The van der Waals surface area contributed by atoms with Crippen LogP contribution in [0, 0.1) is 0 Å². The number of rotatable bonds is 13. The first-order valence-electron chi connectivity index (χ1n) is 14.6. The minimum atomic E-state index is -0.388. The van der Waals surface area contributed by atoms with Crippen LogP contribution in [0.3, 0.4) is 0 Å². The van der Waals surface area contributed by atoms with Crippen molar-refractivity contribution in [2.45, 2.75) is 57.0 Å². The molecule has 1 aliphatic rings. The predicted molar refractivity (Wildman–Crippen MR) is 162 cm³/mol. The van der Waals surface area contributed by atoms with Crippen molar-refractivity contribution in [3.63, 3.8) is 0 Å². The largest absolute Gasteiger partial charge is 0.395 e. The molecule has 0 saturated carbocycles. The van der Waals surface area contributed by atoms with Crippen LogP contribution in [0.1, 0.15) is 35.1 Å². The van der Waals surface area contributed by atoms with Gasteiger partial charge < -0.3 is 19.3 Å². The maximum Gasteiger partial charge on any atom is 0.113 e. The number of likely N-dealkylation sites (tertiary alicyclic amines) is 1. The van der Waals surface area contributed by atoms with Crippen molar-refractivity contribution < 1.29 is 19.3 Å². The SMILES string of the molecule is CC(CN1C[C@H](OCc2ccccc2)[C@@H](OCc2ccccc2)[C@H](OCc2ccccc2)[C@H]1CO)c1ccccc1. The molecule has 1 heterocycles. The van der Waals surface area contributed by atoms with Gasteiger partial charge in [0.15, 0.2) is 0 Å².